The fourth-order valence-electron chi connectivity index (χ4n) is 6.95. The standard InChI is InChI=1S/C32H35BrClN3O5/c1-4-15-35(3)29(39)25-26-30(40)37(21(19-38)17-20-11-7-6-8-12-20)28(32(26)18-22(33)27(25)42-32)31(41)36(16-5-2)24-14-10-9-13-23(24)34/h4-14,21-22,25-28,38H,1-2,15-19H2,3H3/t21-,22?,25+,26+,27+,28?,32?/m1/s1. The molecule has 3 amide bonds. The van der Waals surface area contributed by atoms with Crippen molar-refractivity contribution in [3.05, 3.63) is 90.5 Å². The third-order valence-corrected chi connectivity index (χ3v) is 9.83. The zero-order valence-electron chi connectivity index (χ0n) is 23.4. The Morgan fingerprint density at radius 3 is 2.45 bits per heavy atom. The highest BCUT2D eigenvalue weighted by Gasteiger charge is 2.77. The summed E-state index contributed by atoms with van der Waals surface area (Å²) in [6, 6.07) is 14.7. The maximum absolute atomic E-state index is 14.8. The maximum atomic E-state index is 14.8. The molecule has 10 heteroatoms. The second kappa shape index (κ2) is 12.3. The number of anilines is 1. The summed E-state index contributed by atoms with van der Waals surface area (Å²) in [7, 11) is 1.67. The number of rotatable bonds is 11. The van der Waals surface area contributed by atoms with Crippen LogP contribution in [0.25, 0.3) is 0 Å². The van der Waals surface area contributed by atoms with E-state index in [-0.39, 0.29) is 29.8 Å². The molecule has 3 heterocycles. The quantitative estimate of drug-likeness (QED) is 0.293. The summed E-state index contributed by atoms with van der Waals surface area (Å²) >= 11 is 10.3. The molecule has 8 nitrogen and oxygen atoms in total. The molecule has 2 aromatic carbocycles. The van der Waals surface area contributed by atoms with Crippen molar-refractivity contribution in [3.8, 4) is 0 Å². The minimum atomic E-state index is -1.28. The summed E-state index contributed by atoms with van der Waals surface area (Å²) in [6.07, 6.45) is 3.30. The van der Waals surface area contributed by atoms with Crippen LogP contribution < -0.4 is 4.90 Å². The van der Waals surface area contributed by atoms with Crippen LogP contribution in [0, 0.1) is 11.8 Å². The first kappa shape index (κ1) is 30.5. The van der Waals surface area contributed by atoms with Gasteiger partial charge in [0.15, 0.2) is 0 Å². The number of para-hydroxylation sites is 1. The van der Waals surface area contributed by atoms with Crippen molar-refractivity contribution in [1.82, 2.24) is 9.80 Å². The number of fused-ring (bicyclic) bond motifs is 1. The van der Waals surface area contributed by atoms with Gasteiger partial charge in [-0.05, 0) is 30.5 Å². The summed E-state index contributed by atoms with van der Waals surface area (Å²) in [4.78, 5) is 47.5. The summed E-state index contributed by atoms with van der Waals surface area (Å²) < 4.78 is 6.66. The maximum Gasteiger partial charge on any atom is 0.253 e. The monoisotopic (exact) mass is 655 g/mol. The highest BCUT2D eigenvalue weighted by atomic mass is 79.9. The molecular weight excluding hydrogens is 622 g/mol. The molecule has 1 spiro atoms. The van der Waals surface area contributed by atoms with E-state index in [0.717, 1.165) is 5.56 Å². The molecule has 0 radical (unpaired) electrons. The SMILES string of the molecule is C=CCN(C)C(=O)[C@H]1[C@H]2C(=O)N([C@@H](CO)Cc3ccccc3)C(C(=O)N(CC=C)c3ccccc3Cl)C23CC(Br)[C@@H]1O3. The Morgan fingerprint density at radius 2 is 1.81 bits per heavy atom. The number of hydrogen-bond donors (Lipinski definition) is 1. The Kier molecular flexibility index (Phi) is 8.94. The van der Waals surface area contributed by atoms with Crippen molar-refractivity contribution in [2.45, 2.75) is 41.5 Å². The van der Waals surface area contributed by atoms with Gasteiger partial charge in [-0.1, -0.05) is 82.1 Å². The van der Waals surface area contributed by atoms with Crippen LogP contribution in [-0.2, 0) is 25.5 Å². The van der Waals surface area contributed by atoms with E-state index in [0.29, 0.717) is 30.1 Å². The van der Waals surface area contributed by atoms with E-state index in [1.165, 1.54) is 14.7 Å². The molecule has 0 aromatic heterocycles. The number of alkyl halides is 1. The Bertz CT molecular complexity index is 1370. The number of nitrogens with zero attached hydrogens (tertiary/aromatic N) is 3. The van der Waals surface area contributed by atoms with Gasteiger partial charge in [0.05, 0.1) is 41.3 Å². The number of likely N-dealkylation sites (N-methyl/N-ethyl adjacent to an activating group) is 1. The van der Waals surface area contributed by atoms with Crippen LogP contribution in [0.15, 0.2) is 79.9 Å². The number of aliphatic hydroxyl groups is 1. The number of benzene rings is 2. The van der Waals surface area contributed by atoms with E-state index in [1.54, 1.807) is 43.5 Å². The van der Waals surface area contributed by atoms with E-state index in [2.05, 4.69) is 29.1 Å². The molecule has 0 aliphatic carbocycles. The van der Waals surface area contributed by atoms with E-state index in [1.807, 2.05) is 30.3 Å². The fraction of sp³-hybridized carbons (Fsp3) is 0.406. The Hall–Kier alpha value is -2.98. The van der Waals surface area contributed by atoms with Gasteiger partial charge >= 0.3 is 0 Å². The molecule has 3 aliphatic heterocycles. The summed E-state index contributed by atoms with van der Waals surface area (Å²) in [5.74, 6) is -2.71. The first-order valence-corrected chi connectivity index (χ1v) is 15.3. The van der Waals surface area contributed by atoms with Gasteiger partial charge in [-0.2, -0.15) is 0 Å². The number of halogens is 2. The zero-order chi connectivity index (χ0) is 30.2. The number of aliphatic hydroxyl groups excluding tert-OH is 1. The van der Waals surface area contributed by atoms with Crippen molar-refractivity contribution in [2.24, 2.45) is 11.8 Å². The first-order valence-electron chi connectivity index (χ1n) is 14.0. The second-order valence-corrected chi connectivity index (χ2v) is 12.7. The summed E-state index contributed by atoms with van der Waals surface area (Å²) in [6.45, 7) is 7.65. The molecule has 1 N–H and O–H groups in total. The van der Waals surface area contributed by atoms with Gasteiger partial charge in [-0.25, -0.2) is 0 Å². The van der Waals surface area contributed by atoms with Crippen molar-refractivity contribution < 1.29 is 24.2 Å². The number of ether oxygens (including phenoxy) is 1. The molecule has 2 aromatic rings. The van der Waals surface area contributed by atoms with E-state index < -0.39 is 41.5 Å². The summed E-state index contributed by atoms with van der Waals surface area (Å²) in [5, 5.41) is 11.1. The van der Waals surface area contributed by atoms with Crippen molar-refractivity contribution >= 4 is 50.9 Å². The minimum Gasteiger partial charge on any atom is -0.394 e. The normalized spacial score (nSPS) is 28.3. The third kappa shape index (κ3) is 5.00. The van der Waals surface area contributed by atoms with Crippen LogP contribution in [0.3, 0.4) is 0 Å². The molecule has 222 valence electrons. The smallest absolute Gasteiger partial charge is 0.253 e. The molecule has 3 unspecified atom stereocenters. The van der Waals surface area contributed by atoms with Crippen LogP contribution in [0.1, 0.15) is 12.0 Å². The molecular formula is C32H35BrClN3O5. The Labute approximate surface area is 259 Å². The van der Waals surface area contributed by atoms with Crippen LogP contribution in [0.4, 0.5) is 5.69 Å². The number of carbonyl (C=O) groups excluding carboxylic acids is 3. The van der Waals surface area contributed by atoms with Crippen LogP contribution in [0.2, 0.25) is 5.02 Å². The van der Waals surface area contributed by atoms with E-state index in [9.17, 15) is 19.5 Å². The fourth-order valence-corrected chi connectivity index (χ4v) is 8.13. The van der Waals surface area contributed by atoms with Crippen molar-refractivity contribution in [3.63, 3.8) is 0 Å². The predicted octanol–water partition coefficient (Wildman–Crippen LogP) is 3.86. The Morgan fingerprint density at radius 1 is 1.14 bits per heavy atom. The Balaban J connectivity index is 1.64. The second-order valence-electron chi connectivity index (χ2n) is 11.1. The first-order chi connectivity index (χ1) is 20.2. The van der Waals surface area contributed by atoms with E-state index >= 15 is 0 Å². The van der Waals surface area contributed by atoms with Gasteiger partial charge in [0.2, 0.25) is 11.8 Å². The highest BCUT2D eigenvalue weighted by molar-refractivity contribution is 9.09. The van der Waals surface area contributed by atoms with Crippen LogP contribution in [-0.4, -0.2) is 88.0 Å². The van der Waals surface area contributed by atoms with Crippen molar-refractivity contribution in [1.29, 1.82) is 0 Å². The number of likely N-dealkylation sites (tertiary alicyclic amines) is 1. The van der Waals surface area contributed by atoms with Gasteiger partial charge in [0, 0.05) is 25.0 Å². The number of carbonyl (C=O) groups is 3. The van der Waals surface area contributed by atoms with E-state index in [4.69, 9.17) is 16.3 Å². The van der Waals surface area contributed by atoms with Gasteiger partial charge in [0.1, 0.15) is 11.6 Å². The predicted molar refractivity (Wildman–Crippen MR) is 165 cm³/mol. The molecule has 0 saturated carbocycles. The molecule has 2 bridgehead atoms. The van der Waals surface area contributed by atoms with Gasteiger partial charge < -0.3 is 24.5 Å². The van der Waals surface area contributed by atoms with Crippen LogP contribution >= 0.6 is 27.5 Å². The molecule has 3 fully saturated rings. The zero-order valence-corrected chi connectivity index (χ0v) is 25.8. The molecule has 3 saturated heterocycles. The number of hydrogen-bond acceptors (Lipinski definition) is 5. The lowest BCUT2D eigenvalue weighted by Gasteiger charge is -2.39. The lowest BCUT2D eigenvalue weighted by molar-refractivity contribution is -0.146. The molecule has 7 atom stereocenters. The third-order valence-electron chi connectivity index (χ3n) is 8.66. The lowest BCUT2D eigenvalue weighted by atomic mass is 9.70. The largest absolute Gasteiger partial charge is 0.394 e. The lowest BCUT2D eigenvalue weighted by Crippen LogP contribution is -2.59. The molecule has 3 aliphatic rings. The van der Waals surface area contributed by atoms with Crippen LogP contribution in [0.5, 0.6) is 0 Å². The highest BCUT2D eigenvalue weighted by Crippen LogP contribution is 2.61. The average Bonchev–Trinajstić information content (AvgIpc) is 3.58. The molecule has 5 rings (SSSR count). The van der Waals surface area contributed by atoms with Gasteiger partial charge in [-0.15, -0.1) is 13.2 Å². The number of amides is 3. The average molecular weight is 657 g/mol. The van der Waals surface area contributed by atoms with Gasteiger partial charge in [0.25, 0.3) is 5.91 Å². The van der Waals surface area contributed by atoms with Crippen molar-refractivity contribution in [2.75, 3.05) is 31.6 Å². The van der Waals surface area contributed by atoms with Gasteiger partial charge in [-0.3, -0.25) is 14.4 Å². The topological polar surface area (TPSA) is 90.4 Å². The summed E-state index contributed by atoms with van der Waals surface area (Å²) in [5.41, 5.74) is 0.0925. The molecule has 42 heavy (non-hydrogen) atoms. The minimum absolute atomic E-state index is 0.135.